The number of cyclic esters (lactones) is 1. The molecule has 6 heteroatoms. The standard InChI is InChI=1S/C20H32O6/c1-11-4-5-15-19(2,7-6-16(24)20(15,3)10-21)12(11)8-13(22)17-14(23)9-26-18(17)25/h12-17,21-24H,1,4-10H2,2-3H3/t12-,13-,14-,15+,16-,17+,19+,20+/m1/s1. The Morgan fingerprint density at radius 2 is 2.00 bits per heavy atom. The molecule has 0 aromatic rings. The molecule has 2 aliphatic carbocycles. The van der Waals surface area contributed by atoms with Gasteiger partial charge in [0.15, 0.2) is 0 Å². The SMILES string of the molecule is C=C1CC[C@@H]2[C@](C)(CO)[C@H](O)CC[C@@]2(C)[C@@H]1C[C@@H](O)[C@@H]1C(=O)OC[C@H]1O. The third-order valence-electron chi connectivity index (χ3n) is 7.67. The van der Waals surface area contributed by atoms with Crippen LogP contribution in [0.2, 0.25) is 0 Å². The number of carbonyl (C=O) groups excluding carboxylic acids is 1. The van der Waals surface area contributed by atoms with Crippen molar-refractivity contribution >= 4 is 5.97 Å². The van der Waals surface area contributed by atoms with Gasteiger partial charge in [-0.3, -0.25) is 4.79 Å². The van der Waals surface area contributed by atoms with Crippen LogP contribution in [0.5, 0.6) is 0 Å². The molecule has 6 nitrogen and oxygen atoms in total. The van der Waals surface area contributed by atoms with Gasteiger partial charge in [0.1, 0.15) is 18.6 Å². The average Bonchev–Trinajstić information content (AvgIpc) is 2.93. The molecule has 26 heavy (non-hydrogen) atoms. The summed E-state index contributed by atoms with van der Waals surface area (Å²) < 4.78 is 4.87. The molecule has 3 rings (SSSR count). The maximum Gasteiger partial charge on any atom is 0.314 e. The molecule has 0 unspecified atom stereocenters. The highest BCUT2D eigenvalue weighted by Crippen LogP contribution is 2.61. The lowest BCUT2D eigenvalue weighted by atomic mass is 9.46. The monoisotopic (exact) mass is 368 g/mol. The summed E-state index contributed by atoms with van der Waals surface area (Å²) >= 11 is 0. The fourth-order valence-corrected chi connectivity index (χ4v) is 5.96. The quantitative estimate of drug-likeness (QED) is 0.436. The Hall–Kier alpha value is -0.950. The van der Waals surface area contributed by atoms with Gasteiger partial charge in [0, 0.05) is 5.41 Å². The van der Waals surface area contributed by atoms with Crippen molar-refractivity contribution in [3.8, 4) is 0 Å². The molecule has 0 aromatic heterocycles. The minimum absolute atomic E-state index is 0.0322. The Bertz CT molecular complexity index is 577. The maximum absolute atomic E-state index is 11.9. The number of rotatable bonds is 4. The third kappa shape index (κ3) is 2.91. The van der Waals surface area contributed by atoms with Gasteiger partial charge in [-0.25, -0.2) is 0 Å². The molecule has 2 saturated carbocycles. The van der Waals surface area contributed by atoms with Gasteiger partial charge in [-0.05, 0) is 49.4 Å². The van der Waals surface area contributed by atoms with Gasteiger partial charge in [0.05, 0.1) is 18.8 Å². The predicted octanol–water partition coefficient (Wildman–Crippen LogP) is 1.01. The summed E-state index contributed by atoms with van der Waals surface area (Å²) in [6, 6.07) is 0. The molecule has 0 spiro atoms. The minimum atomic E-state index is -0.996. The number of hydrogen-bond donors (Lipinski definition) is 4. The van der Waals surface area contributed by atoms with E-state index in [1.165, 1.54) is 0 Å². The first-order chi connectivity index (χ1) is 12.1. The van der Waals surface area contributed by atoms with E-state index >= 15 is 0 Å². The maximum atomic E-state index is 11.9. The topological polar surface area (TPSA) is 107 Å². The summed E-state index contributed by atoms with van der Waals surface area (Å²) in [5, 5.41) is 41.2. The number of esters is 1. The van der Waals surface area contributed by atoms with Gasteiger partial charge in [0.25, 0.3) is 0 Å². The van der Waals surface area contributed by atoms with E-state index in [0.29, 0.717) is 12.8 Å². The molecule has 0 bridgehead atoms. The van der Waals surface area contributed by atoms with Gasteiger partial charge < -0.3 is 25.2 Å². The highest BCUT2D eigenvalue weighted by Gasteiger charge is 2.58. The van der Waals surface area contributed by atoms with Crippen molar-refractivity contribution in [1.29, 1.82) is 0 Å². The molecule has 4 N–H and O–H groups in total. The molecule has 0 aromatic carbocycles. The molecule has 1 heterocycles. The molecule has 1 aliphatic heterocycles. The lowest BCUT2D eigenvalue weighted by Crippen LogP contribution is -2.58. The summed E-state index contributed by atoms with van der Waals surface area (Å²) in [4.78, 5) is 11.9. The lowest BCUT2D eigenvalue weighted by Gasteiger charge is -2.60. The van der Waals surface area contributed by atoms with Crippen LogP contribution < -0.4 is 0 Å². The van der Waals surface area contributed by atoms with Crippen LogP contribution in [0.15, 0.2) is 12.2 Å². The zero-order chi connectivity index (χ0) is 19.3. The molecule has 8 atom stereocenters. The van der Waals surface area contributed by atoms with Crippen LogP contribution in [-0.2, 0) is 9.53 Å². The number of aliphatic hydroxyl groups excluding tert-OH is 4. The summed E-state index contributed by atoms with van der Waals surface area (Å²) in [6.45, 7) is 8.18. The van der Waals surface area contributed by atoms with Gasteiger partial charge in [-0.2, -0.15) is 0 Å². The van der Waals surface area contributed by atoms with Gasteiger partial charge in [-0.15, -0.1) is 0 Å². The van der Waals surface area contributed by atoms with E-state index in [9.17, 15) is 25.2 Å². The van der Waals surface area contributed by atoms with E-state index in [4.69, 9.17) is 4.74 Å². The van der Waals surface area contributed by atoms with Crippen LogP contribution in [0.1, 0.15) is 46.0 Å². The molecule has 3 aliphatic rings. The van der Waals surface area contributed by atoms with Crippen molar-refractivity contribution in [3.05, 3.63) is 12.2 Å². The number of fused-ring (bicyclic) bond motifs is 1. The van der Waals surface area contributed by atoms with Crippen molar-refractivity contribution in [2.75, 3.05) is 13.2 Å². The summed E-state index contributed by atoms with van der Waals surface area (Å²) in [5.74, 6) is -1.39. The zero-order valence-corrected chi connectivity index (χ0v) is 15.7. The number of carbonyl (C=O) groups is 1. The Balaban J connectivity index is 1.86. The van der Waals surface area contributed by atoms with E-state index in [0.717, 1.165) is 24.8 Å². The summed E-state index contributed by atoms with van der Waals surface area (Å²) in [7, 11) is 0. The molecular weight excluding hydrogens is 336 g/mol. The predicted molar refractivity (Wildman–Crippen MR) is 95.0 cm³/mol. The second-order valence-electron chi connectivity index (χ2n) is 9.05. The Morgan fingerprint density at radius 3 is 2.58 bits per heavy atom. The van der Waals surface area contributed by atoms with Crippen LogP contribution in [0, 0.1) is 28.6 Å². The van der Waals surface area contributed by atoms with Gasteiger partial charge >= 0.3 is 5.97 Å². The molecular formula is C20H32O6. The van der Waals surface area contributed by atoms with Crippen LogP contribution >= 0.6 is 0 Å². The summed E-state index contributed by atoms with van der Waals surface area (Å²) in [6.07, 6.45) is 0.815. The van der Waals surface area contributed by atoms with Crippen LogP contribution in [-0.4, -0.2) is 57.9 Å². The number of ether oxygens (including phenoxy) is 1. The van der Waals surface area contributed by atoms with Crippen LogP contribution in [0.4, 0.5) is 0 Å². The number of hydrogen-bond acceptors (Lipinski definition) is 6. The van der Waals surface area contributed by atoms with E-state index in [2.05, 4.69) is 13.5 Å². The fourth-order valence-electron chi connectivity index (χ4n) is 5.96. The largest absolute Gasteiger partial charge is 0.463 e. The van der Waals surface area contributed by atoms with Crippen molar-refractivity contribution in [2.45, 2.75) is 64.3 Å². The lowest BCUT2D eigenvalue weighted by molar-refractivity contribution is -0.158. The molecule has 1 saturated heterocycles. The van der Waals surface area contributed by atoms with Crippen molar-refractivity contribution in [2.24, 2.45) is 28.6 Å². The third-order valence-corrected chi connectivity index (χ3v) is 7.67. The van der Waals surface area contributed by atoms with E-state index < -0.39 is 35.6 Å². The Kier molecular flexibility index (Phi) is 5.25. The fraction of sp³-hybridized carbons (Fsp3) is 0.850. The van der Waals surface area contributed by atoms with Crippen LogP contribution in [0.25, 0.3) is 0 Å². The van der Waals surface area contributed by atoms with Crippen molar-refractivity contribution in [3.63, 3.8) is 0 Å². The average molecular weight is 368 g/mol. The van der Waals surface area contributed by atoms with Crippen LogP contribution in [0.3, 0.4) is 0 Å². The van der Waals surface area contributed by atoms with E-state index in [-0.39, 0.29) is 30.5 Å². The second kappa shape index (κ2) is 6.89. The second-order valence-corrected chi connectivity index (χ2v) is 9.05. The Morgan fingerprint density at radius 1 is 1.31 bits per heavy atom. The first-order valence-corrected chi connectivity index (χ1v) is 9.64. The molecule has 148 valence electrons. The molecule has 0 amide bonds. The van der Waals surface area contributed by atoms with Gasteiger partial charge in [-0.1, -0.05) is 26.0 Å². The first kappa shape index (κ1) is 19.8. The number of allylic oxidation sites excluding steroid dienone is 1. The van der Waals surface area contributed by atoms with E-state index in [1.807, 2.05) is 6.92 Å². The highest BCUT2D eigenvalue weighted by atomic mass is 16.6. The smallest absolute Gasteiger partial charge is 0.314 e. The van der Waals surface area contributed by atoms with Gasteiger partial charge in [0.2, 0.25) is 0 Å². The Labute approximate surface area is 154 Å². The zero-order valence-electron chi connectivity index (χ0n) is 15.7. The molecule has 0 radical (unpaired) electrons. The first-order valence-electron chi connectivity index (χ1n) is 9.64. The highest BCUT2D eigenvalue weighted by molar-refractivity contribution is 5.75. The minimum Gasteiger partial charge on any atom is -0.463 e. The van der Waals surface area contributed by atoms with Crippen molar-refractivity contribution in [1.82, 2.24) is 0 Å². The molecule has 3 fully saturated rings. The normalized spacial score (nSPS) is 47.4. The number of aliphatic hydroxyl groups is 4. The van der Waals surface area contributed by atoms with Crippen molar-refractivity contribution < 1.29 is 30.0 Å². The summed E-state index contributed by atoms with van der Waals surface area (Å²) in [5.41, 5.74) is 0.240. The van der Waals surface area contributed by atoms with E-state index in [1.54, 1.807) is 0 Å².